The van der Waals surface area contributed by atoms with Gasteiger partial charge in [0.25, 0.3) is 0 Å². The summed E-state index contributed by atoms with van der Waals surface area (Å²) in [6, 6.07) is 0.260. The molecule has 0 radical (unpaired) electrons. The highest BCUT2D eigenvalue weighted by atomic mass is 14.6. The molecule has 0 heterocycles. The van der Waals surface area contributed by atoms with Gasteiger partial charge in [0.15, 0.2) is 0 Å². The van der Waals surface area contributed by atoms with E-state index in [2.05, 4.69) is 64.7 Å². The van der Waals surface area contributed by atoms with Gasteiger partial charge in [0.05, 0.1) is 0 Å². The highest BCUT2D eigenvalue weighted by Crippen LogP contribution is 2.38. The molecule has 1 aliphatic carbocycles. The van der Waals surface area contributed by atoms with Crippen LogP contribution in [0.3, 0.4) is 0 Å². The average molecular weight is 302 g/mol. The fourth-order valence-corrected chi connectivity index (χ4v) is 3.50. The maximum Gasteiger partial charge on any atom is 0.00159 e. The Balaban J connectivity index is 3.15. The number of rotatable bonds is 8. The van der Waals surface area contributed by atoms with Gasteiger partial charge in [-0.1, -0.05) is 57.1 Å². The van der Waals surface area contributed by atoms with Crippen molar-refractivity contribution in [3.63, 3.8) is 0 Å². The Morgan fingerprint density at radius 1 is 1.23 bits per heavy atom. The van der Waals surface area contributed by atoms with Crippen LogP contribution in [0.5, 0.6) is 0 Å². The summed E-state index contributed by atoms with van der Waals surface area (Å²) in [7, 11) is 0. The number of allylic oxidation sites excluding steroid dienone is 7. The molecule has 1 nitrogen and oxygen atoms in total. The first-order chi connectivity index (χ1) is 10.5. The van der Waals surface area contributed by atoms with Crippen LogP contribution in [0.1, 0.15) is 59.8 Å². The Labute approximate surface area is 138 Å². The summed E-state index contributed by atoms with van der Waals surface area (Å²) in [5.41, 5.74) is 8.99. The van der Waals surface area contributed by atoms with Gasteiger partial charge >= 0.3 is 0 Å². The first-order valence-electron chi connectivity index (χ1n) is 8.92. The molecular formula is C21H35N. The Hall–Kier alpha value is -1.08. The van der Waals surface area contributed by atoms with Gasteiger partial charge in [0.1, 0.15) is 0 Å². The molecule has 0 aromatic rings. The second-order valence-corrected chi connectivity index (χ2v) is 6.97. The number of hydrogen-bond acceptors (Lipinski definition) is 1. The lowest BCUT2D eigenvalue weighted by atomic mass is 9.82. The highest BCUT2D eigenvalue weighted by molar-refractivity contribution is 5.39. The molecule has 1 heteroatoms. The zero-order valence-electron chi connectivity index (χ0n) is 15.0. The van der Waals surface area contributed by atoms with Crippen molar-refractivity contribution in [2.75, 3.05) is 0 Å². The largest absolute Gasteiger partial charge is 0.328 e. The summed E-state index contributed by atoms with van der Waals surface area (Å²) in [5, 5.41) is 0. The van der Waals surface area contributed by atoms with Crippen LogP contribution in [0.4, 0.5) is 0 Å². The molecule has 0 amide bonds. The smallest absolute Gasteiger partial charge is 0.00159 e. The van der Waals surface area contributed by atoms with E-state index in [0.29, 0.717) is 11.8 Å². The van der Waals surface area contributed by atoms with E-state index < -0.39 is 0 Å². The van der Waals surface area contributed by atoms with Crippen LogP contribution in [0, 0.1) is 17.8 Å². The maximum atomic E-state index is 5.99. The molecule has 0 aliphatic heterocycles. The second-order valence-electron chi connectivity index (χ2n) is 6.97. The molecule has 1 saturated carbocycles. The van der Waals surface area contributed by atoms with Crippen molar-refractivity contribution in [2.45, 2.75) is 65.8 Å². The van der Waals surface area contributed by atoms with Gasteiger partial charge in [-0.3, -0.25) is 0 Å². The lowest BCUT2D eigenvalue weighted by Gasteiger charge is -2.24. The zero-order chi connectivity index (χ0) is 16.5. The Bertz CT molecular complexity index is 419. The van der Waals surface area contributed by atoms with Crippen molar-refractivity contribution < 1.29 is 0 Å². The minimum Gasteiger partial charge on any atom is -0.328 e. The molecule has 1 rings (SSSR count). The minimum absolute atomic E-state index is 0.260. The standard InChI is InChI=1S/C21H35N/c1-6-8-13-20(17(4)7-2)21(19-11-9-10-12-19)15-16(3)14-18(5)22/h6-8,13,15-19H,2,9-12,14,22H2,1,3-5H3/b8-6-,20-13+,21-15-. The van der Waals surface area contributed by atoms with Crippen LogP contribution in [-0.4, -0.2) is 6.04 Å². The fourth-order valence-electron chi connectivity index (χ4n) is 3.50. The van der Waals surface area contributed by atoms with Gasteiger partial charge in [-0.2, -0.15) is 0 Å². The van der Waals surface area contributed by atoms with Crippen LogP contribution in [0.2, 0.25) is 0 Å². The van der Waals surface area contributed by atoms with Gasteiger partial charge < -0.3 is 5.73 Å². The monoisotopic (exact) mass is 301 g/mol. The molecule has 1 fully saturated rings. The van der Waals surface area contributed by atoms with Gasteiger partial charge in [0, 0.05) is 6.04 Å². The van der Waals surface area contributed by atoms with E-state index in [9.17, 15) is 0 Å². The molecule has 0 saturated heterocycles. The second kappa shape index (κ2) is 9.84. The van der Waals surface area contributed by atoms with E-state index >= 15 is 0 Å². The number of nitrogens with two attached hydrogens (primary N) is 1. The summed E-state index contributed by atoms with van der Waals surface area (Å²) >= 11 is 0. The van der Waals surface area contributed by atoms with E-state index in [1.54, 1.807) is 5.57 Å². The summed E-state index contributed by atoms with van der Waals surface area (Å²) in [4.78, 5) is 0. The minimum atomic E-state index is 0.260. The van der Waals surface area contributed by atoms with Crippen molar-refractivity contribution in [3.8, 4) is 0 Å². The Morgan fingerprint density at radius 2 is 1.86 bits per heavy atom. The quantitative estimate of drug-likeness (QED) is 0.445. The van der Waals surface area contributed by atoms with Crippen molar-refractivity contribution in [3.05, 3.63) is 48.1 Å². The maximum absolute atomic E-state index is 5.99. The van der Waals surface area contributed by atoms with Crippen molar-refractivity contribution in [2.24, 2.45) is 23.5 Å². The molecular weight excluding hydrogens is 266 g/mol. The third-order valence-corrected chi connectivity index (χ3v) is 4.65. The molecule has 0 bridgehead atoms. The van der Waals surface area contributed by atoms with E-state index in [1.807, 2.05) is 0 Å². The van der Waals surface area contributed by atoms with Gasteiger partial charge in [-0.15, -0.1) is 6.58 Å². The predicted octanol–water partition coefficient (Wildman–Crippen LogP) is 5.80. The van der Waals surface area contributed by atoms with E-state index in [0.717, 1.165) is 12.3 Å². The van der Waals surface area contributed by atoms with E-state index in [4.69, 9.17) is 5.73 Å². The highest BCUT2D eigenvalue weighted by Gasteiger charge is 2.24. The van der Waals surface area contributed by atoms with Crippen LogP contribution in [0.25, 0.3) is 0 Å². The Kier molecular flexibility index (Phi) is 8.48. The average Bonchev–Trinajstić information content (AvgIpc) is 2.99. The SMILES string of the molecule is C=CC(C)C(=C\C=C/C)/C(=C\C(C)CC(C)N)C1CCCC1. The molecule has 0 spiro atoms. The summed E-state index contributed by atoms with van der Waals surface area (Å²) in [6.45, 7) is 12.7. The predicted molar refractivity (Wildman–Crippen MR) is 99.7 cm³/mol. The molecule has 3 unspecified atom stereocenters. The number of hydrogen-bond donors (Lipinski definition) is 1. The molecule has 2 N–H and O–H groups in total. The lowest BCUT2D eigenvalue weighted by Crippen LogP contribution is -2.18. The summed E-state index contributed by atoms with van der Waals surface area (Å²) in [5.74, 6) is 1.64. The molecule has 124 valence electrons. The lowest BCUT2D eigenvalue weighted by molar-refractivity contribution is 0.547. The molecule has 3 atom stereocenters. The van der Waals surface area contributed by atoms with Crippen molar-refractivity contribution in [1.29, 1.82) is 0 Å². The van der Waals surface area contributed by atoms with Crippen LogP contribution >= 0.6 is 0 Å². The van der Waals surface area contributed by atoms with E-state index in [-0.39, 0.29) is 6.04 Å². The normalized spacial score (nSPS) is 22.0. The topological polar surface area (TPSA) is 26.0 Å². The van der Waals surface area contributed by atoms with Crippen LogP contribution in [0.15, 0.2) is 48.1 Å². The molecule has 0 aromatic heterocycles. The van der Waals surface area contributed by atoms with Crippen LogP contribution < -0.4 is 5.73 Å². The molecule has 0 aromatic carbocycles. The first-order valence-corrected chi connectivity index (χ1v) is 8.92. The molecule has 22 heavy (non-hydrogen) atoms. The van der Waals surface area contributed by atoms with Crippen LogP contribution in [-0.2, 0) is 0 Å². The third kappa shape index (κ3) is 5.96. The van der Waals surface area contributed by atoms with Crippen molar-refractivity contribution >= 4 is 0 Å². The van der Waals surface area contributed by atoms with E-state index in [1.165, 1.54) is 31.3 Å². The zero-order valence-corrected chi connectivity index (χ0v) is 15.0. The fraction of sp³-hybridized carbons (Fsp3) is 0.619. The summed E-state index contributed by atoms with van der Waals surface area (Å²) in [6.07, 6.45) is 17.5. The Morgan fingerprint density at radius 3 is 2.36 bits per heavy atom. The van der Waals surface area contributed by atoms with Gasteiger partial charge in [-0.25, -0.2) is 0 Å². The van der Waals surface area contributed by atoms with Gasteiger partial charge in [0.2, 0.25) is 0 Å². The summed E-state index contributed by atoms with van der Waals surface area (Å²) < 4.78 is 0. The van der Waals surface area contributed by atoms with Crippen molar-refractivity contribution in [1.82, 2.24) is 0 Å². The third-order valence-electron chi connectivity index (χ3n) is 4.65. The molecule has 1 aliphatic rings. The van der Waals surface area contributed by atoms with Gasteiger partial charge in [-0.05, 0) is 62.0 Å². The first kappa shape index (κ1) is 19.0.